The normalized spacial score (nSPS) is 28.5. The summed E-state index contributed by atoms with van der Waals surface area (Å²) in [4.78, 5) is 123. The van der Waals surface area contributed by atoms with E-state index >= 15 is 8.78 Å². The number of ether oxygens (including phenoxy) is 17. The van der Waals surface area contributed by atoms with E-state index < -0.39 is 230 Å². The van der Waals surface area contributed by atoms with Gasteiger partial charge in [-0.1, -0.05) is 17.8 Å². The Hall–Kier alpha value is -8.67. The number of aromatic nitrogens is 6. The lowest BCUT2D eigenvalue weighted by atomic mass is 9.94. The molecule has 0 bridgehead atoms. The molecule has 0 spiro atoms. The van der Waals surface area contributed by atoms with E-state index in [1.165, 1.54) is 62.5 Å². The van der Waals surface area contributed by atoms with Crippen molar-refractivity contribution in [1.82, 2.24) is 28.7 Å². The minimum absolute atomic E-state index is 0.487. The summed E-state index contributed by atoms with van der Waals surface area (Å²) in [5, 5.41) is 30.6. The average Bonchev–Trinajstić information content (AvgIpc) is 1.56. The van der Waals surface area contributed by atoms with Crippen LogP contribution >= 0.6 is 15.6 Å². The molecule has 588 valence electrons. The van der Waals surface area contributed by atoms with Gasteiger partial charge in [0.1, 0.15) is 19.8 Å². The number of phosphoric ester groups is 2. The first-order chi connectivity index (χ1) is 49.6. The molecule has 8 rings (SSSR count). The molecule has 0 aromatic carbocycles. The van der Waals surface area contributed by atoms with Crippen molar-refractivity contribution in [2.75, 3.05) is 61.2 Å². The van der Waals surface area contributed by atoms with Crippen LogP contribution in [0.3, 0.4) is 0 Å². The van der Waals surface area contributed by atoms with E-state index in [2.05, 4.69) is 40.3 Å². The number of phosphoric acid groups is 2. The van der Waals surface area contributed by atoms with E-state index in [4.69, 9.17) is 98.5 Å². The third-order valence-corrected chi connectivity index (χ3v) is 16.4. The van der Waals surface area contributed by atoms with Crippen molar-refractivity contribution >= 4 is 40.3 Å². The highest BCUT2D eigenvalue weighted by atomic mass is 31.2. The summed E-state index contributed by atoms with van der Waals surface area (Å²) in [6, 6.07) is 2.80. The van der Waals surface area contributed by atoms with E-state index in [1.54, 1.807) is 5.92 Å². The zero-order chi connectivity index (χ0) is 79.1. The minimum Gasteiger partial charge on any atom is -0.432 e. The largest absolute Gasteiger partial charge is 0.510 e. The molecule has 8 heterocycles. The van der Waals surface area contributed by atoms with Gasteiger partial charge in [0.25, 0.3) is 47.2 Å². The second kappa shape index (κ2) is 35.8. The number of rotatable bonds is 28. The zero-order valence-corrected chi connectivity index (χ0v) is 58.9. The highest BCUT2D eigenvalue weighted by molar-refractivity contribution is 7.48. The number of nitrogens with one attached hydrogen (secondary N) is 3. The Morgan fingerprint density at radius 1 is 0.509 bits per heavy atom. The molecule has 6 N–H and O–H groups in total. The lowest BCUT2D eigenvalue weighted by molar-refractivity contribution is -0.298. The summed E-state index contributed by atoms with van der Waals surface area (Å²) in [5.41, 5.74) is -12.4. The fourth-order valence-electron chi connectivity index (χ4n) is 9.33. The number of alkyl halides is 3. The number of aliphatic hydroxyl groups is 3. The number of methoxy groups -OCH3 is 2. The van der Waals surface area contributed by atoms with Gasteiger partial charge in [0, 0.05) is 51.0 Å². The van der Waals surface area contributed by atoms with Gasteiger partial charge in [0.05, 0.1) is 24.4 Å². The van der Waals surface area contributed by atoms with Crippen LogP contribution in [-0.2, 0) is 117 Å². The molecule has 0 saturated carbocycles. The fourth-order valence-corrected chi connectivity index (χ4v) is 11.2. The fraction of sp³-hybridized carbons (Fsp3) is 0.614. The maximum Gasteiger partial charge on any atom is 0.510 e. The third-order valence-electron chi connectivity index (χ3n) is 13.8. The second-order valence-corrected chi connectivity index (χ2v) is 26.1. The summed E-state index contributed by atoms with van der Waals surface area (Å²) in [5.74, 6) is -3.24. The lowest BCUT2D eigenvalue weighted by Crippen LogP contribution is -2.51. The van der Waals surface area contributed by atoms with Gasteiger partial charge in [0.2, 0.25) is 44.0 Å². The van der Waals surface area contributed by atoms with Gasteiger partial charge in [-0.05, 0) is 55.4 Å². The molecule has 5 fully saturated rings. The topological polar surface area (TPSA) is 540 Å². The zero-order valence-electron chi connectivity index (χ0n) is 57.1. The summed E-state index contributed by atoms with van der Waals surface area (Å²) >= 11 is 0. The van der Waals surface area contributed by atoms with E-state index in [9.17, 15) is 76.8 Å². The number of hydrogen-bond acceptors (Lipinski definition) is 38. The molecule has 44 nitrogen and oxygen atoms in total. The smallest absolute Gasteiger partial charge is 0.432 e. The number of fused-ring (bicyclic) bond motifs is 2. The Morgan fingerprint density at radius 3 is 1.10 bits per heavy atom. The molecule has 0 radical (unpaired) electrons. The number of aliphatic hydroxyl groups excluding tert-OH is 2. The number of H-pyrrole nitrogens is 3. The number of halogens is 3. The van der Waals surface area contributed by atoms with Crippen LogP contribution in [0, 0.1) is 37.0 Å². The van der Waals surface area contributed by atoms with Crippen molar-refractivity contribution < 1.29 is 164 Å². The number of hydrogen-bond donors (Lipinski definition) is 6. The van der Waals surface area contributed by atoms with Crippen LogP contribution in [0.2, 0.25) is 0 Å². The lowest BCUT2D eigenvalue weighted by Gasteiger charge is -2.27. The molecule has 5 saturated heterocycles. The quantitative estimate of drug-likeness (QED) is 0.0192. The molecule has 3 aromatic heterocycles. The first kappa shape index (κ1) is 86.3. The summed E-state index contributed by atoms with van der Waals surface area (Å²) in [6.07, 6.45) is 0.589. The Kier molecular flexibility index (Phi) is 29.1. The van der Waals surface area contributed by atoms with E-state index in [-0.39, 0.29) is 0 Å². The molecule has 14 atom stereocenters. The van der Waals surface area contributed by atoms with Crippen molar-refractivity contribution in [3.63, 3.8) is 0 Å². The molecule has 0 aliphatic carbocycles. The van der Waals surface area contributed by atoms with Gasteiger partial charge >= 0.3 is 57.3 Å². The van der Waals surface area contributed by atoms with Gasteiger partial charge in [-0.2, -0.15) is 0 Å². The number of carbonyl (C=O) groups excluding carboxylic acids is 4. The average molecular weight is 1570 g/mol. The van der Waals surface area contributed by atoms with Crippen LogP contribution in [0.15, 0.2) is 65.6 Å². The van der Waals surface area contributed by atoms with Crippen LogP contribution in [0.1, 0.15) is 74.1 Å². The monoisotopic (exact) mass is 1570 g/mol. The van der Waals surface area contributed by atoms with Gasteiger partial charge in [-0.25, -0.2) is 74.0 Å². The molecular weight excluding hydrogens is 1500 g/mol. The van der Waals surface area contributed by atoms with Gasteiger partial charge < -0.3 is 95.8 Å². The van der Waals surface area contributed by atoms with E-state index in [0.717, 1.165) is 53.0 Å². The molecule has 3 aromatic rings. The van der Waals surface area contributed by atoms with Crippen molar-refractivity contribution in [3.05, 3.63) is 99.3 Å². The molecule has 5 aliphatic rings. The summed E-state index contributed by atoms with van der Waals surface area (Å²) in [6.45, 7) is 0.871. The van der Waals surface area contributed by atoms with E-state index in [0.29, 0.717) is 4.57 Å². The standard InChI is InChI=1S/C23H30FN2O16P.C21H28FN2O15P.C13H13FN2O7/c1-7-22-16(40-21(32-6)42-22)23(24,41-17(22)26-9-8-15(27)25-18(26)28)10-35-43(31,36-11-33-19(29)38-13(2)3)37-12-34-20(30)39-14(4)5;1-6-20(30)15(26)21(22,39-16(20)24-8-7-14(25)23-17(24)27)9-34-40(31,35-10-32-18(28)37-12(2)3)36-11-33-19(29)38-13(4)5;1-3-12-8(21-11(20-2)23-12)13(14,6-17)22-9(12)16-5-4-7(18)15-10(16)19/h1,8-9,13-14,16-17,21H,10-12H2,2-6H3,(H,25,27,28);1,7-8,12-13,15-16,26,30H,9-11H2,2-5H3,(H,23,25,27);1,4-5,8-9,11,17H,6H2,2H3,(H,15,18,19)/t16-,17+,21?,22+,23+;15-,16+,20+,21+;8-,9+,11?,12+,13+/m000/s1. The Bertz CT molecular complexity index is 4140. The summed E-state index contributed by atoms with van der Waals surface area (Å²) in [7, 11) is -7.60. The first-order valence-electron chi connectivity index (χ1n) is 30.2. The predicted octanol–water partition coefficient (Wildman–Crippen LogP) is 0.738. The number of nitrogens with zero attached hydrogens (tertiary/aromatic N) is 3. The maximum atomic E-state index is 16.5. The van der Waals surface area contributed by atoms with Gasteiger partial charge in [-0.3, -0.25) is 52.1 Å². The number of terminal acetylenes is 3. The van der Waals surface area contributed by atoms with Crippen molar-refractivity contribution in [2.24, 2.45) is 0 Å². The van der Waals surface area contributed by atoms with Crippen molar-refractivity contribution in [2.45, 2.75) is 164 Å². The minimum atomic E-state index is -5.03. The van der Waals surface area contributed by atoms with Crippen LogP contribution in [0.5, 0.6) is 0 Å². The molecular formula is C57H71F3N6O38P2. The van der Waals surface area contributed by atoms with E-state index in [1.807, 2.05) is 15.0 Å². The predicted molar refractivity (Wildman–Crippen MR) is 331 cm³/mol. The van der Waals surface area contributed by atoms with Crippen LogP contribution in [0.25, 0.3) is 0 Å². The number of carbonyl (C=O) groups is 4. The molecule has 0 amide bonds. The van der Waals surface area contributed by atoms with Crippen LogP contribution < -0.4 is 33.7 Å². The SMILES string of the molecule is C#C[C@@]12OC(OC)O[C@@H]1[C@@](F)(CO)O[C@H]2n1ccc(=O)[nH]c1=O.C#C[C@@]12OC(OC)O[C@@H]1[C@@](F)(COP(=O)(OCOC(=O)OC(C)C)OCOC(=O)OC(C)C)O[C@H]2n1ccc(=O)[nH]c1=O.C#C[C@]1(O)[C@H](n2ccc(=O)[nH]c2=O)O[C@](F)(COP(=O)(OCOC(=O)OC(C)C)OCOC(=O)OC(C)C)[C@H]1O. The maximum absolute atomic E-state index is 16.5. The molecule has 2 unspecified atom stereocenters. The van der Waals surface area contributed by atoms with Crippen LogP contribution in [-0.4, -0.2) is 220 Å². The Balaban J connectivity index is 0.000000260. The molecule has 49 heteroatoms. The first-order valence-corrected chi connectivity index (χ1v) is 33.2. The highest BCUT2D eigenvalue weighted by Crippen LogP contribution is 2.58. The highest BCUT2D eigenvalue weighted by Gasteiger charge is 2.74. The Morgan fingerprint density at radius 2 is 0.811 bits per heavy atom. The van der Waals surface area contributed by atoms with Crippen LogP contribution in [0.4, 0.5) is 32.3 Å². The van der Waals surface area contributed by atoms with Gasteiger partial charge in [0.15, 0.2) is 37.0 Å². The number of aromatic amines is 3. The molecule has 106 heavy (non-hydrogen) atoms. The summed E-state index contributed by atoms with van der Waals surface area (Å²) < 4.78 is 189. The van der Waals surface area contributed by atoms with Crippen molar-refractivity contribution in [1.29, 1.82) is 0 Å². The second-order valence-electron chi connectivity index (χ2n) is 22.7. The molecule has 5 aliphatic heterocycles. The third kappa shape index (κ3) is 20.5. The Labute approximate surface area is 593 Å². The van der Waals surface area contributed by atoms with Gasteiger partial charge in [-0.15, -0.1) is 19.3 Å². The van der Waals surface area contributed by atoms with Crippen molar-refractivity contribution in [3.8, 4) is 37.0 Å².